The predicted octanol–water partition coefficient (Wildman–Crippen LogP) is 2.22. The van der Waals surface area contributed by atoms with Gasteiger partial charge in [-0.05, 0) is 0 Å². The van der Waals surface area contributed by atoms with E-state index in [2.05, 4.69) is 9.47 Å². The molecule has 0 radical (unpaired) electrons. The van der Waals surface area contributed by atoms with Gasteiger partial charge in [0.15, 0.2) is 11.5 Å². The topological polar surface area (TPSA) is 51.3 Å². The van der Waals surface area contributed by atoms with Crippen LogP contribution in [0.4, 0.5) is 22.0 Å². The van der Waals surface area contributed by atoms with Gasteiger partial charge in [0.2, 0.25) is 0 Å². The molecule has 1 rings (SSSR count). The fourth-order valence-electron chi connectivity index (χ4n) is 1.11. The van der Waals surface area contributed by atoms with Crippen molar-refractivity contribution >= 4 is 0 Å². The van der Waals surface area contributed by atoms with Gasteiger partial charge in [0.25, 0.3) is 12.0 Å². The van der Waals surface area contributed by atoms with Gasteiger partial charge in [0.05, 0.1) is 7.11 Å². The maximum Gasteiger partial charge on any atom is 0.573 e. The molecule has 0 amide bonds. The highest BCUT2D eigenvalue weighted by Gasteiger charge is 2.34. The molecule has 0 aromatic carbocycles. The van der Waals surface area contributed by atoms with E-state index in [1.807, 2.05) is 0 Å². The van der Waals surface area contributed by atoms with Crippen LogP contribution in [0.15, 0.2) is 10.9 Å². The molecule has 0 spiro atoms. The van der Waals surface area contributed by atoms with E-state index >= 15 is 0 Å². The van der Waals surface area contributed by atoms with Crippen molar-refractivity contribution < 1.29 is 31.4 Å². The number of alkyl halides is 5. The van der Waals surface area contributed by atoms with E-state index in [1.165, 1.54) is 0 Å². The van der Waals surface area contributed by atoms with Crippen LogP contribution in [0.3, 0.4) is 0 Å². The largest absolute Gasteiger partial charge is 0.573 e. The predicted molar refractivity (Wildman–Crippen MR) is 45.3 cm³/mol. The Morgan fingerprint density at radius 3 is 2.35 bits per heavy atom. The number of ether oxygens (including phenoxy) is 2. The maximum atomic E-state index is 12.4. The van der Waals surface area contributed by atoms with E-state index in [4.69, 9.17) is 0 Å². The number of aromatic nitrogens is 1. The van der Waals surface area contributed by atoms with Crippen LogP contribution in [0.25, 0.3) is 0 Å². The first-order chi connectivity index (χ1) is 7.74. The zero-order valence-electron chi connectivity index (χ0n) is 8.27. The summed E-state index contributed by atoms with van der Waals surface area (Å²) < 4.78 is 68.5. The third-order valence-electron chi connectivity index (χ3n) is 1.64. The lowest BCUT2D eigenvalue weighted by Crippen LogP contribution is -2.20. The summed E-state index contributed by atoms with van der Waals surface area (Å²) in [5, 5.41) is 0. The molecule has 0 fully saturated rings. The Labute approximate surface area is 91.0 Å². The molecule has 0 aliphatic heterocycles. The number of H-pyrrole nitrogens is 1. The Hall–Kier alpha value is -1.80. The van der Waals surface area contributed by atoms with E-state index in [9.17, 15) is 26.7 Å². The van der Waals surface area contributed by atoms with Crippen molar-refractivity contribution in [3.8, 4) is 11.5 Å². The van der Waals surface area contributed by atoms with Gasteiger partial charge in [0, 0.05) is 6.07 Å². The molecule has 0 atom stereocenters. The second kappa shape index (κ2) is 4.60. The Bertz CT molecular complexity index is 453. The van der Waals surface area contributed by atoms with Crippen LogP contribution in [0, 0.1) is 0 Å². The molecule has 0 bridgehead atoms. The fourth-order valence-corrected chi connectivity index (χ4v) is 1.11. The Balaban J connectivity index is 3.33. The van der Waals surface area contributed by atoms with Gasteiger partial charge in [0.1, 0.15) is 5.69 Å². The third-order valence-corrected chi connectivity index (χ3v) is 1.64. The second-order valence-electron chi connectivity index (χ2n) is 2.79. The van der Waals surface area contributed by atoms with Crippen molar-refractivity contribution in [2.75, 3.05) is 7.11 Å². The normalized spacial score (nSPS) is 11.7. The van der Waals surface area contributed by atoms with Crippen molar-refractivity contribution in [1.82, 2.24) is 4.98 Å². The first-order valence-corrected chi connectivity index (χ1v) is 4.09. The summed E-state index contributed by atoms with van der Waals surface area (Å²) in [7, 11) is 0.878. The molecule has 0 saturated carbocycles. The van der Waals surface area contributed by atoms with Crippen molar-refractivity contribution in [3.63, 3.8) is 0 Å². The van der Waals surface area contributed by atoms with E-state index in [1.54, 1.807) is 4.98 Å². The molecule has 0 aliphatic carbocycles. The molecule has 1 N–H and O–H groups in total. The quantitative estimate of drug-likeness (QED) is 0.847. The SMILES string of the molecule is COc1c(OC(F)(F)F)cc(=O)[nH]c1C(F)F. The average molecular weight is 259 g/mol. The minimum absolute atomic E-state index is 0.373. The average Bonchev–Trinajstić information content (AvgIpc) is 2.14. The summed E-state index contributed by atoms with van der Waals surface area (Å²) in [5.74, 6) is -1.98. The molecule has 0 aliphatic rings. The van der Waals surface area contributed by atoms with E-state index in [0.717, 1.165) is 7.11 Å². The van der Waals surface area contributed by atoms with Crippen LogP contribution in [0.1, 0.15) is 12.1 Å². The van der Waals surface area contributed by atoms with E-state index in [0.29, 0.717) is 6.07 Å². The number of methoxy groups -OCH3 is 1. The first kappa shape index (κ1) is 13.3. The summed E-state index contributed by atoms with van der Waals surface area (Å²) in [4.78, 5) is 12.6. The summed E-state index contributed by atoms with van der Waals surface area (Å²) in [6.07, 6.45) is -8.31. The van der Waals surface area contributed by atoms with Crippen LogP contribution in [-0.2, 0) is 0 Å². The summed E-state index contributed by atoms with van der Waals surface area (Å²) in [6.45, 7) is 0. The molecule has 0 unspecified atom stereocenters. The van der Waals surface area contributed by atoms with Gasteiger partial charge in [-0.15, -0.1) is 13.2 Å². The van der Waals surface area contributed by atoms with Crippen LogP contribution in [0.5, 0.6) is 11.5 Å². The lowest BCUT2D eigenvalue weighted by molar-refractivity contribution is -0.275. The monoisotopic (exact) mass is 259 g/mol. The van der Waals surface area contributed by atoms with E-state index < -0.39 is 35.5 Å². The van der Waals surface area contributed by atoms with Gasteiger partial charge in [-0.25, -0.2) is 8.78 Å². The number of pyridine rings is 1. The van der Waals surface area contributed by atoms with Gasteiger partial charge >= 0.3 is 6.36 Å². The van der Waals surface area contributed by atoms with Crippen LogP contribution < -0.4 is 15.0 Å². The highest BCUT2D eigenvalue weighted by molar-refractivity contribution is 5.43. The standard InChI is InChI=1S/C8H6F5NO3/c1-16-6-3(17-8(11,12)13)2-4(15)14-5(6)7(9)10/h2,7H,1H3,(H,14,15). The Morgan fingerprint density at radius 1 is 1.35 bits per heavy atom. The lowest BCUT2D eigenvalue weighted by Gasteiger charge is -2.14. The van der Waals surface area contributed by atoms with Crippen molar-refractivity contribution in [2.24, 2.45) is 0 Å². The smallest absolute Gasteiger partial charge is 0.491 e. The summed E-state index contributed by atoms with van der Waals surface area (Å²) >= 11 is 0. The number of halogens is 5. The minimum Gasteiger partial charge on any atom is -0.491 e. The van der Waals surface area contributed by atoms with Gasteiger partial charge in [-0.1, -0.05) is 0 Å². The number of nitrogens with one attached hydrogen (secondary N) is 1. The number of hydrogen-bond acceptors (Lipinski definition) is 3. The molecular weight excluding hydrogens is 253 g/mol. The van der Waals surface area contributed by atoms with Crippen molar-refractivity contribution in [3.05, 3.63) is 22.1 Å². The highest BCUT2D eigenvalue weighted by atomic mass is 19.4. The minimum atomic E-state index is -5.11. The first-order valence-electron chi connectivity index (χ1n) is 4.09. The molecule has 9 heteroatoms. The van der Waals surface area contributed by atoms with Gasteiger partial charge in [-0.3, -0.25) is 4.79 Å². The lowest BCUT2D eigenvalue weighted by atomic mass is 10.3. The summed E-state index contributed by atoms with van der Waals surface area (Å²) in [6, 6.07) is 0.373. The number of hydrogen-bond donors (Lipinski definition) is 1. The summed E-state index contributed by atoms with van der Waals surface area (Å²) in [5.41, 5.74) is -2.22. The molecule has 96 valence electrons. The molecule has 1 heterocycles. The van der Waals surface area contributed by atoms with Crippen LogP contribution >= 0.6 is 0 Å². The van der Waals surface area contributed by atoms with Crippen molar-refractivity contribution in [1.29, 1.82) is 0 Å². The zero-order chi connectivity index (χ0) is 13.2. The van der Waals surface area contributed by atoms with Crippen molar-refractivity contribution in [2.45, 2.75) is 12.8 Å². The Morgan fingerprint density at radius 2 is 1.94 bits per heavy atom. The highest BCUT2D eigenvalue weighted by Crippen LogP contribution is 2.36. The maximum absolute atomic E-state index is 12.4. The molecule has 17 heavy (non-hydrogen) atoms. The number of rotatable bonds is 3. The second-order valence-corrected chi connectivity index (χ2v) is 2.79. The molecule has 1 aromatic heterocycles. The molecule has 0 saturated heterocycles. The van der Waals surface area contributed by atoms with Crippen LogP contribution in [-0.4, -0.2) is 18.5 Å². The van der Waals surface area contributed by atoms with E-state index in [-0.39, 0.29) is 0 Å². The number of aromatic amines is 1. The van der Waals surface area contributed by atoms with Gasteiger partial charge in [-0.2, -0.15) is 0 Å². The molecule has 1 aromatic rings. The van der Waals surface area contributed by atoms with Gasteiger partial charge < -0.3 is 14.5 Å². The Kier molecular flexibility index (Phi) is 3.59. The zero-order valence-corrected chi connectivity index (χ0v) is 8.27. The van der Waals surface area contributed by atoms with Crippen LogP contribution in [0.2, 0.25) is 0 Å². The third kappa shape index (κ3) is 3.33. The fraction of sp³-hybridized carbons (Fsp3) is 0.375. The molecular formula is C8H6F5NO3. The molecule has 4 nitrogen and oxygen atoms in total.